The average Bonchev–Trinajstić information content (AvgIpc) is 1.19. The summed E-state index contributed by atoms with van der Waals surface area (Å²) >= 11 is 0. The first-order chi connectivity index (χ1) is 3.73. The van der Waals surface area contributed by atoms with E-state index in [4.69, 9.17) is 14.4 Å². The lowest BCUT2D eigenvalue weighted by Crippen LogP contribution is -1.85. The van der Waals surface area contributed by atoms with Crippen molar-refractivity contribution in [3.63, 3.8) is 0 Å². The van der Waals surface area contributed by atoms with Gasteiger partial charge >= 0.3 is 8.25 Å². The van der Waals surface area contributed by atoms with Gasteiger partial charge in [0.1, 0.15) is 0 Å². The van der Waals surface area contributed by atoms with Gasteiger partial charge in [0.2, 0.25) is 0 Å². The molecule has 10 heavy (non-hydrogen) atoms. The molecule has 0 bridgehead atoms. The normalized spacial score (nSPS) is 12.2. The highest BCUT2D eigenvalue weighted by Crippen LogP contribution is 2.15. The van der Waals surface area contributed by atoms with Gasteiger partial charge in [0.05, 0.1) is 0 Å². The van der Waals surface area contributed by atoms with E-state index in [0.29, 0.717) is 0 Å². The summed E-state index contributed by atoms with van der Waals surface area (Å²) in [5.41, 5.74) is 0. The molecule has 0 atom stereocenters. The molecule has 6 heteroatoms. The van der Waals surface area contributed by atoms with E-state index in [9.17, 15) is 0 Å². The van der Waals surface area contributed by atoms with Crippen molar-refractivity contribution in [2.24, 2.45) is 0 Å². The average molecular weight is 171 g/mol. The molecule has 0 spiro atoms. The Kier molecular flexibility index (Phi) is 19.3. The monoisotopic (exact) mass is 171 g/mol. The van der Waals surface area contributed by atoms with Crippen molar-refractivity contribution in [3.8, 4) is 0 Å². The lowest BCUT2D eigenvalue weighted by Gasteiger charge is -2.05. The van der Waals surface area contributed by atoms with E-state index >= 15 is 0 Å². The predicted molar refractivity (Wildman–Crippen MR) is 40.6 cm³/mol. The Morgan fingerprint density at radius 3 is 1.00 bits per heavy atom. The van der Waals surface area contributed by atoms with Gasteiger partial charge in [-0.3, -0.25) is 0 Å². The van der Waals surface area contributed by atoms with Gasteiger partial charge in [-0.05, 0) is 0 Å². The summed E-state index contributed by atoms with van der Waals surface area (Å²) < 4.78 is 8.70. The zero-order chi connectivity index (χ0) is 6.41. The molecule has 0 aromatic rings. The summed E-state index contributed by atoms with van der Waals surface area (Å²) in [6, 6.07) is 0. The van der Waals surface area contributed by atoms with Crippen molar-refractivity contribution in [2.75, 3.05) is 0 Å². The Balaban J connectivity index is -0.0000000817. The van der Waals surface area contributed by atoms with Crippen LogP contribution in [0.2, 0.25) is 0 Å². The van der Waals surface area contributed by atoms with Crippen molar-refractivity contribution in [3.05, 3.63) is 0 Å². The van der Waals surface area contributed by atoms with Crippen LogP contribution in [-0.4, -0.2) is 9.79 Å². The maximum atomic E-state index is 8.70. The van der Waals surface area contributed by atoms with Crippen molar-refractivity contribution in [1.82, 2.24) is 12.3 Å². The third-order valence-electron chi connectivity index (χ3n) is 1.000. The van der Waals surface area contributed by atoms with Gasteiger partial charge in [-0.1, -0.05) is 25.7 Å². The van der Waals surface area contributed by atoms with Crippen LogP contribution >= 0.6 is 8.25 Å². The van der Waals surface area contributed by atoms with Gasteiger partial charge in [0, 0.05) is 4.57 Å². The van der Waals surface area contributed by atoms with Crippen LogP contribution in [0.15, 0.2) is 0 Å². The Morgan fingerprint density at radius 2 is 1.00 bits per heavy atom. The Labute approximate surface area is 61.6 Å². The zero-order valence-electron chi connectivity index (χ0n) is 5.99. The molecular weight excluding hydrogens is 155 g/mol. The Hall–Kier alpha value is -0.0600. The molecule has 1 rings (SSSR count). The molecule has 0 aromatic heterocycles. The van der Waals surface area contributed by atoms with Crippen LogP contribution in [0, 0.1) is 0 Å². The van der Waals surface area contributed by atoms with Gasteiger partial charge in [0.15, 0.2) is 0 Å². The highest BCUT2D eigenvalue weighted by Gasteiger charge is 1.95. The molecule has 0 aliphatic heterocycles. The lowest BCUT2D eigenvalue weighted by atomic mass is 10.0. The molecule has 0 heterocycles. The first-order valence-corrected chi connectivity index (χ1v) is 3.75. The Morgan fingerprint density at radius 1 is 0.900 bits per heavy atom. The standard InChI is InChI=1S/C4H8.2H3N.HO3P/c1-2-4-3-1;;;1-4(2)3/h1-4H2;2*1H3;(H-,1,2,3)/p+1. The molecule has 1 saturated carbocycles. The molecule has 1 aliphatic rings. The Bertz CT molecular complexity index is 68.9. The topological polar surface area (TPSA) is 128 Å². The second kappa shape index (κ2) is 11.7. The molecule has 1 aliphatic carbocycles. The molecule has 1 fully saturated rings. The highest BCUT2D eigenvalue weighted by atomic mass is 31.1. The van der Waals surface area contributed by atoms with Crippen molar-refractivity contribution >= 4 is 8.25 Å². The van der Waals surface area contributed by atoms with Crippen LogP contribution in [0.3, 0.4) is 0 Å². The van der Waals surface area contributed by atoms with E-state index in [1.165, 1.54) is 25.7 Å². The fourth-order valence-corrected chi connectivity index (χ4v) is 0.250. The predicted octanol–water partition coefficient (Wildman–Crippen LogP) is 1.51. The summed E-state index contributed by atoms with van der Waals surface area (Å²) in [6.45, 7) is 0. The summed E-state index contributed by atoms with van der Waals surface area (Å²) in [5, 5.41) is 0. The number of hydrogen-bond donors (Lipinski definition) is 4. The molecule has 0 aromatic carbocycles. The molecule has 0 unspecified atom stereocenters. The third kappa shape index (κ3) is 24.6. The summed E-state index contributed by atoms with van der Waals surface area (Å²) in [4.78, 5) is 14.2. The van der Waals surface area contributed by atoms with Gasteiger partial charge in [-0.15, -0.1) is 9.79 Å². The maximum Gasteiger partial charge on any atom is 0.692 e. The van der Waals surface area contributed by atoms with Crippen LogP contribution < -0.4 is 12.3 Å². The van der Waals surface area contributed by atoms with Crippen molar-refractivity contribution in [2.45, 2.75) is 25.7 Å². The minimum atomic E-state index is -2.87. The number of hydrogen-bond acceptors (Lipinski definition) is 3. The van der Waals surface area contributed by atoms with E-state index in [2.05, 4.69) is 0 Å². The van der Waals surface area contributed by atoms with E-state index in [0.717, 1.165) is 0 Å². The highest BCUT2D eigenvalue weighted by molar-refractivity contribution is 7.30. The maximum absolute atomic E-state index is 8.70. The summed E-state index contributed by atoms with van der Waals surface area (Å²) in [6.07, 6.45) is 6.00. The molecule has 8 N–H and O–H groups in total. The van der Waals surface area contributed by atoms with E-state index in [1.807, 2.05) is 0 Å². The first-order valence-electron chi connectivity index (χ1n) is 2.58. The summed E-state index contributed by atoms with van der Waals surface area (Å²) in [7, 11) is -2.87. The fraction of sp³-hybridized carbons (Fsp3) is 1.00. The molecule has 64 valence electrons. The van der Waals surface area contributed by atoms with Crippen LogP contribution in [0.1, 0.15) is 25.7 Å². The largest absolute Gasteiger partial charge is 0.692 e. The van der Waals surface area contributed by atoms with Gasteiger partial charge in [-0.25, -0.2) is 0 Å². The van der Waals surface area contributed by atoms with Gasteiger partial charge in [0.25, 0.3) is 0 Å². The molecule has 0 amide bonds. The second-order valence-electron chi connectivity index (χ2n) is 1.67. The van der Waals surface area contributed by atoms with Gasteiger partial charge in [-0.2, -0.15) is 0 Å². The van der Waals surface area contributed by atoms with Crippen molar-refractivity contribution < 1.29 is 14.4 Å². The third-order valence-corrected chi connectivity index (χ3v) is 1.000. The van der Waals surface area contributed by atoms with E-state index < -0.39 is 8.25 Å². The fourth-order valence-electron chi connectivity index (χ4n) is 0.250. The smallest absolute Gasteiger partial charge is 0.344 e. The molecule has 0 radical (unpaired) electrons. The van der Waals surface area contributed by atoms with Crippen LogP contribution in [-0.2, 0) is 4.57 Å². The van der Waals surface area contributed by atoms with Crippen LogP contribution in [0.25, 0.3) is 0 Å². The number of rotatable bonds is 0. The SMILES string of the molecule is C1CCC1.N.N.O=[P+](O)O. The molecule has 0 saturated heterocycles. The zero-order valence-corrected chi connectivity index (χ0v) is 6.89. The van der Waals surface area contributed by atoms with Crippen LogP contribution in [0.4, 0.5) is 0 Å². The summed E-state index contributed by atoms with van der Waals surface area (Å²) in [5.74, 6) is 0. The van der Waals surface area contributed by atoms with E-state index in [1.54, 1.807) is 0 Å². The first kappa shape index (κ1) is 16.5. The molecular formula is C4H16N2O3P+. The minimum Gasteiger partial charge on any atom is -0.344 e. The lowest BCUT2D eigenvalue weighted by molar-refractivity contribution is 0.405. The van der Waals surface area contributed by atoms with Gasteiger partial charge < -0.3 is 12.3 Å². The quantitative estimate of drug-likeness (QED) is 0.410. The minimum absolute atomic E-state index is 0. The van der Waals surface area contributed by atoms with Crippen LogP contribution in [0.5, 0.6) is 0 Å². The van der Waals surface area contributed by atoms with Crippen molar-refractivity contribution in [1.29, 1.82) is 0 Å². The molecule has 5 nitrogen and oxygen atoms in total. The van der Waals surface area contributed by atoms with E-state index in [-0.39, 0.29) is 12.3 Å². The second-order valence-corrected chi connectivity index (χ2v) is 2.17.